The molecule has 2 rings (SSSR count). The maximum atomic E-state index is 12.8. The first-order valence-electron chi connectivity index (χ1n) is 6.64. The number of nitriles is 1. The van der Waals surface area contributed by atoms with E-state index < -0.39 is 0 Å². The van der Waals surface area contributed by atoms with Crippen LogP contribution in [0.2, 0.25) is 0 Å². The number of piperazine rings is 1. The molecule has 0 bridgehead atoms. The minimum atomic E-state index is -0.387. The Balaban J connectivity index is 1.87. The smallest absolute Gasteiger partial charge is 0.123 e. The van der Waals surface area contributed by atoms with Gasteiger partial charge in [0.05, 0.1) is 6.07 Å². The molecule has 0 aromatic heterocycles. The predicted octanol–water partition coefficient (Wildman–Crippen LogP) is 2.25. The first-order chi connectivity index (χ1) is 9.01. The van der Waals surface area contributed by atoms with Gasteiger partial charge >= 0.3 is 0 Å². The van der Waals surface area contributed by atoms with Crippen LogP contribution in [0.1, 0.15) is 19.4 Å². The monoisotopic (exact) mass is 261 g/mol. The number of halogens is 1. The highest BCUT2D eigenvalue weighted by molar-refractivity contribution is 5.16. The Morgan fingerprint density at radius 1 is 1.16 bits per heavy atom. The zero-order chi connectivity index (χ0) is 13.9. The van der Waals surface area contributed by atoms with E-state index in [1.165, 1.54) is 12.1 Å². The summed E-state index contributed by atoms with van der Waals surface area (Å²) in [6, 6.07) is 9.02. The maximum Gasteiger partial charge on any atom is 0.123 e. The Kier molecular flexibility index (Phi) is 4.18. The SMILES string of the molecule is CC(C)(C#N)N1CCN(Cc2ccc(F)cc2)CC1. The molecule has 0 atom stereocenters. The molecule has 1 aromatic carbocycles. The van der Waals surface area contributed by atoms with Crippen LogP contribution < -0.4 is 0 Å². The molecule has 1 saturated heterocycles. The van der Waals surface area contributed by atoms with Crippen molar-refractivity contribution in [2.45, 2.75) is 25.9 Å². The molecule has 0 saturated carbocycles. The topological polar surface area (TPSA) is 30.3 Å². The Morgan fingerprint density at radius 2 is 1.74 bits per heavy atom. The zero-order valence-electron chi connectivity index (χ0n) is 11.6. The molecule has 0 amide bonds. The Hall–Kier alpha value is -1.44. The Labute approximate surface area is 114 Å². The van der Waals surface area contributed by atoms with Gasteiger partial charge in [0.15, 0.2) is 0 Å². The van der Waals surface area contributed by atoms with Crippen LogP contribution in [0.3, 0.4) is 0 Å². The van der Waals surface area contributed by atoms with E-state index in [0.29, 0.717) is 0 Å². The first-order valence-corrected chi connectivity index (χ1v) is 6.64. The van der Waals surface area contributed by atoms with Gasteiger partial charge in [-0.3, -0.25) is 9.80 Å². The van der Waals surface area contributed by atoms with Crippen LogP contribution in [0.5, 0.6) is 0 Å². The van der Waals surface area contributed by atoms with Crippen molar-refractivity contribution < 1.29 is 4.39 Å². The number of rotatable bonds is 3. The van der Waals surface area contributed by atoms with Crippen LogP contribution >= 0.6 is 0 Å². The van der Waals surface area contributed by atoms with Crippen molar-refractivity contribution in [1.82, 2.24) is 9.80 Å². The third kappa shape index (κ3) is 3.52. The van der Waals surface area contributed by atoms with Crippen molar-refractivity contribution in [2.24, 2.45) is 0 Å². The Morgan fingerprint density at radius 3 is 2.26 bits per heavy atom. The van der Waals surface area contributed by atoms with E-state index in [1.54, 1.807) is 0 Å². The Bertz CT molecular complexity index is 453. The fourth-order valence-electron chi connectivity index (χ4n) is 2.38. The normalized spacial score (nSPS) is 18.2. The molecule has 0 unspecified atom stereocenters. The lowest BCUT2D eigenvalue weighted by Crippen LogP contribution is -2.53. The molecule has 1 aliphatic heterocycles. The second-order valence-electron chi connectivity index (χ2n) is 5.56. The van der Waals surface area contributed by atoms with E-state index in [1.807, 2.05) is 26.0 Å². The van der Waals surface area contributed by atoms with E-state index in [0.717, 1.165) is 38.3 Å². The summed E-state index contributed by atoms with van der Waals surface area (Å²) in [7, 11) is 0. The third-order valence-corrected chi connectivity index (χ3v) is 3.76. The summed E-state index contributed by atoms with van der Waals surface area (Å²) in [5, 5.41) is 9.13. The first kappa shape index (κ1) is 14.0. The van der Waals surface area contributed by atoms with Gasteiger partial charge in [0.2, 0.25) is 0 Å². The second kappa shape index (κ2) is 5.68. The van der Waals surface area contributed by atoms with Crippen molar-refractivity contribution in [3.63, 3.8) is 0 Å². The van der Waals surface area contributed by atoms with Gasteiger partial charge in [0, 0.05) is 32.7 Å². The summed E-state index contributed by atoms with van der Waals surface area (Å²) in [6.07, 6.45) is 0. The highest BCUT2D eigenvalue weighted by atomic mass is 19.1. The fraction of sp³-hybridized carbons (Fsp3) is 0.533. The molecular weight excluding hydrogens is 241 g/mol. The molecule has 102 valence electrons. The summed E-state index contributed by atoms with van der Waals surface area (Å²) in [5.74, 6) is -0.190. The quantitative estimate of drug-likeness (QED) is 0.836. The van der Waals surface area contributed by atoms with E-state index >= 15 is 0 Å². The average molecular weight is 261 g/mol. The molecule has 19 heavy (non-hydrogen) atoms. The van der Waals surface area contributed by atoms with E-state index in [2.05, 4.69) is 15.9 Å². The number of nitrogens with zero attached hydrogens (tertiary/aromatic N) is 3. The number of hydrogen-bond acceptors (Lipinski definition) is 3. The summed E-state index contributed by atoms with van der Waals surface area (Å²) >= 11 is 0. The van der Waals surface area contributed by atoms with E-state index in [9.17, 15) is 4.39 Å². The van der Waals surface area contributed by atoms with Crippen LogP contribution in [0.25, 0.3) is 0 Å². The summed E-state index contributed by atoms with van der Waals surface area (Å²) < 4.78 is 12.8. The summed E-state index contributed by atoms with van der Waals surface area (Å²) in [6.45, 7) is 8.47. The van der Waals surface area contributed by atoms with E-state index in [4.69, 9.17) is 5.26 Å². The molecule has 0 spiro atoms. The van der Waals surface area contributed by atoms with Gasteiger partial charge in [-0.15, -0.1) is 0 Å². The average Bonchev–Trinajstić information content (AvgIpc) is 2.42. The highest BCUT2D eigenvalue weighted by Gasteiger charge is 2.29. The van der Waals surface area contributed by atoms with Crippen LogP contribution in [-0.4, -0.2) is 41.5 Å². The van der Waals surface area contributed by atoms with Gasteiger partial charge in [-0.1, -0.05) is 12.1 Å². The number of hydrogen-bond donors (Lipinski definition) is 0. The molecule has 1 fully saturated rings. The maximum absolute atomic E-state index is 12.8. The molecule has 1 heterocycles. The summed E-state index contributed by atoms with van der Waals surface area (Å²) in [4.78, 5) is 4.56. The lowest BCUT2D eigenvalue weighted by atomic mass is 10.0. The molecule has 1 aromatic rings. The second-order valence-corrected chi connectivity index (χ2v) is 5.56. The van der Waals surface area contributed by atoms with Crippen molar-refractivity contribution in [1.29, 1.82) is 5.26 Å². The van der Waals surface area contributed by atoms with Gasteiger partial charge in [-0.2, -0.15) is 5.26 Å². The predicted molar refractivity (Wildman–Crippen MR) is 72.9 cm³/mol. The van der Waals surface area contributed by atoms with Crippen molar-refractivity contribution >= 4 is 0 Å². The van der Waals surface area contributed by atoms with Crippen molar-refractivity contribution in [3.8, 4) is 6.07 Å². The molecule has 0 N–H and O–H groups in total. The van der Waals surface area contributed by atoms with Crippen molar-refractivity contribution in [2.75, 3.05) is 26.2 Å². The van der Waals surface area contributed by atoms with E-state index in [-0.39, 0.29) is 11.4 Å². The lowest BCUT2D eigenvalue weighted by molar-refractivity contribution is 0.0764. The van der Waals surface area contributed by atoms with Crippen LogP contribution in [-0.2, 0) is 6.54 Å². The zero-order valence-corrected chi connectivity index (χ0v) is 11.6. The van der Waals surface area contributed by atoms with Gasteiger partial charge in [-0.25, -0.2) is 4.39 Å². The third-order valence-electron chi connectivity index (χ3n) is 3.76. The van der Waals surface area contributed by atoms with Crippen LogP contribution in [0, 0.1) is 17.1 Å². The van der Waals surface area contributed by atoms with Crippen molar-refractivity contribution in [3.05, 3.63) is 35.6 Å². The molecule has 1 aliphatic rings. The van der Waals surface area contributed by atoms with Crippen LogP contribution in [0.4, 0.5) is 4.39 Å². The largest absolute Gasteiger partial charge is 0.297 e. The molecule has 0 aliphatic carbocycles. The van der Waals surface area contributed by atoms with Gasteiger partial charge < -0.3 is 0 Å². The lowest BCUT2D eigenvalue weighted by Gasteiger charge is -2.40. The fourth-order valence-corrected chi connectivity index (χ4v) is 2.38. The minimum Gasteiger partial charge on any atom is -0.297 e. The van der Waals surface area contributed by atoms with Gasteiger partial charge in [-0.05, 0) is 31.5 Å². The molecule has 0 radical (unpaired) electrons. The van der Waals surface area contributed by atoms with Gasteiger partial charge in [0.1, 0.15) is 11.4 Å². The van der Waals surface area contributed by atoms with Gasteiger partial charge in [0.25, 0.3) is 0 Å². The number of benzene rings is 1. The summed E-state index contributed by atoms with van der Waals surface area (Å²) in [5.41, 5.74) is 0.747. The molecular formula is C15H20FN3. The molecule has 3 nitrogen and oxygen atoms in total. The highest BCUT2D eigenvalue weighted by Crippen LogP contribution is 2.17. The molecule has 4 heteroatoms. The minimum absolute atomic E-state index is 0.190. The standard InChI is InChI=1S/C15H20FN3/c1-15(2,12-17)19-9-7-18(8-10-19)11-13-3-5-14(16)6-4-13/h3-6H,7-11H2,1-2H3. The van der Waals surface area contributed by atoms with Crippen LogP contribution in [0.15, 0.2) is 24.3 Å².